The molecule has 0 saturated heterocycles. The van der Waals surface area contributed by atoms with Crippen LogP contribution in [0.5, 0.6) is 0 Å². The Morgan fingerprint density at radius 2 is 1.97 bits per heavy atom. The van der Waals surface area contributed by atoms with E-state index in [1.54, 1.807) is 36.7 Å². The number of rotatable bonds is 12. The van der Waals surface area contributed by atoms with E-state index in [0.29, 0.717) is 43.7 Å². The first-order chi connectivity index (χ1) is 17.5. The fourth-order valence-electron chi connectivity index (χ4n) is 4.32. The smallest absolute Gasteiger partial charge is 0.417 e. The highest BCUT2D eigenvalue weighted by atomic mass is 19.4. The first kappa shape index (κ1) is 27.9. The van der Waals surface area contributed by atoms with Gasteiger partial charge in [0.2, 0.25) is 0 Å². The van der Waals surface area contributed by atoms with E-state index in [-0.39, 0.29) is 29.4 Å². The average molecular weight is 516 g/mol. The van der Waals surface area contributed by atoms with E-state index in [9.17, 15) is 22.8 Å². The first-order valence-corrected chi connectivity index (χ1v) is 11.9. The number of nitrogens with zero attached hydrogens (tertiary/aromatic N) is 3. The Bertz CT molecular complexity index is 1320. The zero-order valence-corrected chi connectivity index (χ0v) is 20.6. The maximum Gasteiger partial charge on any atom is 0.417 e. The lowest BCUT2D eigenvalue weighted by Gasteiger charge is -2.11. The van der Waals surface area contributed by atoms with Crippen molar-refractivity contribution in [1.29, 1.82) is 5.26 Å². The van der Waals surface area contributed by atoms with Gasteiger partial charge >= 0.3 is 12.1 Å². The van der Waals surface area contributed by atoms with Crippen LogP contribution in [0.4, 0.5) is 13.2 Å². The largest absolute Gasteiger partial charge is 0.481 e. The summed E-state index contributed by atoms with van der Waals surface area (Å²) in [7, 11) is 1.66. The average Bonchev–Trinajstić information content (AvgIpc) is 3.11. The molecule has 2 heterocycles. The van der Waals surface area contributed by atoms with E-state index >= 15 is 0 Å². The Balaban J connectivity index is 1.76. The van der Waals surface area contributed by atoms with Gasteiger partial charge < -0.3 is 14.4 Å². The molecule has 0 radical (unpaired) electrons. The van der Waals surface area contributed by atoms with Crippen molar-refractivity contribution in [3.8, 4) is 6.07 Å². The number of Topliss-reactive ketones (excluding diaryl/α,β-unsaturated/α-hetero) is 1. The van der Waals surface area contributed by atoms with Gasteiger partial charge in [0, 0.05) is 49.3 Å². The molecule has 1 N–H and O–H groups in total. The Morgan fingerprint density at radius 3 is 2.65 bits per heavy atom. The molecule has 1 unspecified atom stereocenters. The number of aromatic nitrogens is 2. The second-order valence-electron chi connectivity index (χ2n) is 9.13. The molecule has 0 bridgehead atoms. The van der Waals surface area contributed by atoms with Crippen LogP contribution in [0.25, 0.3) is 11.0 Å². The number of aryl methyl sites for hydroxylation is 1. The third-order valence-electron chi connectivity index (χ3n) is 6.09. The van der Waals surface area contributed by atoms with Gasteiger partial charge in [-0.3, -0.25) is 9.59 Å². The van der Waals surface area contributed by atoms with Gasteiger partial charge in [-0.05, 0) is 48.9 Å². The van der Waals surface area contributed by atoms with Gasteiger partial charge in [-0.25, -0.2) is 4.98 Å². The quantitative estimate of drug-likeness (QED) is 0.246. The number of benzene rings is 1. The fourth-order valence-corrected chi connectivity index (χ4v) is 4.32. The number of ether oxygens (including phenoxy) is 1. The summed E-state index contributed by atoms with van der Waals surface area (Å²) in [6.45, 7) is 2.40. The number of fused-ring (bicyclic) bond motifs is 1. The van der Waals surface area contributed by atoms with Crippen LogP contribution in [0.3, 0.4) is 0 Å². The van der Waals surface area contributed by atoms with Crippen LogP contribution in [-0.2, 0) is 35.8 Å². The molecule has 0 amide bonds. The number of ketones is 1. The van der Waals surface area contributed by atoms with Gasteiger partial charge in [0.05, 0.1) is 23.8 Å². The summed E-state index contributed by atoms with van der Waals surface area (Å²) in [6.07, 6.45) is -2.51. The molecule has 0 spiro atoms. The lowest BCUT2D eigenvalue weighted by atomic mass is 9.94. The zero-order chi connectivity index (χ0) is 27.2. The van der Waals surface area contributed by atoms with Crippen LogP contribution in [-0.4, -0.2) is 33.0 Å². The topological polar surface area (TPSA) is 105 Å². The molecule has 3 aromatic rings. The second kappa shape index (κ2) is 12.0. The summed E-state index contributed by atoms with van der Waals surface area (Å²) in [5.74, 6) is -1.91. The molecule has 37 heavy (non-hydrogen) atoms. The van der Waals surface area contributed by atoms with Crippen LogP contribution < -0.4 is 0 Å². The summed E-state index contributed by atoms with van der Waals surface area (Å²) < 4.78 is 47.4. The predicted molar refractivity (Wildman–Crippen MR) is 130 cm³/mol. The SMILES string of the molecule is CC(CC(=O)O)CC(=O)c1c(CCCCOCc2cccc(C#N)c2)n(C)c2ncc(C(F)(F)F)cc12. The van der Waals surface area contributed by atoms with E-state index in [4.69, 9.17) is 15.1 Å². The molecule has 0 aliphatic rings. The number of carboxylic acids is 1. The Kier molecular flexibility index (Phi) is 9.05. The molecule has 3 rings (SSSR count). The molecular weight excluding hydrogens is 487 g/mol. The molecule has 7 nitrogen and oxygen atoms in total. The van der Waals surface area contributed by atoms with Crippen molar-refractivity contribution < 1.29 is 32.6 Å². The van der Waals surface area contributed by atoms with E-state index in [0.717, 1.165) is 17.8 Å². The van der Waals surface area contributed by atoms with E-state index in [1.807, 2.05) is 6.07 Å². The number of hydrogen-bond acceptors (Lipinski definition) is 5. The lowest BCUT2D eigenvalue weighted by Crippen LogP contribution is -2.12. The van der Waals surface area contributed by atoms with Crippen molar-refractivity contribution >= 4 is 22.8 Å². The normalized spacial score (nSPS) is 12.4. The predicted octanol–water partition coefficient (Wildman–Crippen LogP) is 5.69. The number of carbonyl (C=O) groups is 2. The maximum absolute atomic E-state index is 13.4. The van der Waals surface area contributed by atoms with Crippen LogP contribution in [0.1, 0.15) is 65.3 Å². The summed E-state index contributed by atoms with van der Waals surface area (Å²) in [5.41, 5.74) is 1.49. The fraction of sp³-hybridized carbons (Fsp3) is 0.407. The van der Waals surface area contributed by atoms with Gasteiger partial charge in [-0.1, -0.05) is 19.1 Å². The Labute approximate surface area is 212 Å². The number of alkyl halides is 3. The van der Waals surface area contributed by atoms with Crippen LogP contribution in [0.15, 0.2) is 36.5 Å². The highest BCUT2D eigenvalue weighted by molar-refractivity contribution is 6.09. The van der Waals surface area contributed by atoms with Crippen LogP contribution in [0.2, 0.25) is 0 Å². The highest BCUT2D eigenvalue weighted by Crippen LogP contribution is 2.34. The standard InChI is InChI=1S/C27H28F3N3O4/c1-17(11-24(35)36)10-23(34)25-21-13-20(27(28,29)30)15-32-26(21)33(2)22(25)8-3-4-9-37-16-19-7-5-6-18(12-19)14-31/h5-7,12-13,15,17H,3-4,8-11,16H2,1-2H3,(H,35,36). The van der Waals surface area contributed by atoms with Crippen molar-refractivity contribution in [1.82, 2.24) is 9.55 Å². The van der Waals surface area contributed by atoms with E-state index in [2.05, 4.69) is 11.1 Å². The third kappa shape index (κ3) is 7.17. The number of carboxylic acid groups (broad SMARTS) is 1. The van der Waals surface area contributed by atoms with Crippen molar-refractivity contribution in [3.63, 3.8) is 0 Å². The number of nitriles is 1. The number of hydrogen-bond donors (Lipinski definition) is 1. The minimum Gasteiger partial charge on any atom is -0.481 e. The van der Waals surface area contributed by atoms with Gasteiger partial charge in [0.25, 0.3) is 0 Å². The first-order valence-electron chi connectivity index (χ1n) is 11.9. The second-order valence-corrected chi connectivity index (χ2v) is 9.13. The molecule has 2 aromatic heterocycles. The summed E-state index contributed by atoms with van der Waals surface area (Å²) in [5, 5.41) is 18.1. The van der Waals surface area contributed by atoms with Crippen LogP contribution >= 0.6 is 0 Å². The van der Waals surface area contributed by atoms with Gasteiger partial charge in [0.15, 0.2) is 5.78 Å². The van der Waals surface area contributed by atoms with Crippen molar-refractivity contribution in [2.24, 2.45) is 13.0 Å². The van der Waals surface area contributed by atoms with E-state index in [1.165, 1.54) is 0 Å². The summed E-state index contributed by atoms with van der Waals surface area (Å²) in [6, 6.07) is 10.1. The molecule has 196 valence electrons. The Hall–Kier alpha value is -3.71. The molecule has 0 fully saturated rings. The number of carbonyl (C=O) groups excluding carboxylic acids is 1. The highest BCUT2D eigenvalue weighted by Gasteiger charge is 2.33. The zero-order valence-electron chi connectivity index (χ0n) is 20.6. The van der Waals surface area contributed by atoms with Gasteiger partial charge in [-0.15, -0.1) is 0 Å². The van der Waals surface area contributed by atoms with Crippen molar-refractivity contribution in [3.05, 3.63) is 64.5 Å². The molecule has 10 heteroatoms. The molecular formula is C27H28F3N3O4. The Morgan fingerprint density at radius 1 is 1.22 bits per heavy atom. The van der Waals surface area contributed by atoms with Crippen molar-refractivity contribution in [2.45, 2.75) is 51.8 Å². The number of halogens is 3. The van der Waals surface area contributed by atoms with Crippen LogP contribution in [0, 0.1) is 17.2 Å². The minimum absolute atomic E-state index is 0.0977. The van der Waals surface area contributed by atoms with Gasteiger partial charge in [0.1, 0.15) is 5.65 Å². The lowest BCUT2D eigenvalue weighted by molar-refractivity contribution is -0.138. The number of unbranched alkanes of at least 4 members (excludes halogenated alkanes) is 1. The molecule has 1 aromatic carbocycles. The van der Waals surface area contributed by atoms with Crippen molar-refractivity contribution in [2.75, 3.05) is 6.61 Å². The maximum atomic E-state index is 13.4. The molecule has 0 aliphatic heterocycles. The molecule has 0 aliphatic carbocycles. The van der Waals surface area contributed by atoms with E-state index < -0.39 is 29.4 Å². The monoisotopic (exact) mass is 515 g/mol. The molecule has 1 atom stereocenters. The summed E-state index contributed by atoms with van der Waals surface area (Å²) >= 11 is 0. The molecule has 0 saturated carbocycles. The minimum atomic E-state index is -4.61. The third-order valence-corrected chi connectivity index (χ3v) is 6.09. The van der Waals surface area contributed by atoms with Gasteiger partial charge in [-0.2, -0.15) is 18.4 Å². The summed E-state index contributed by atoms with van der Waals surface area (Å²) in [4.78, 5) is 28.3. The number of aliphatic carboxylic acids is 1. The number of pyridine rings is 1.